The lowest BCUT2D eigenvalue weighted by Crippen LogP contribution is -2.06. The van der Waals surface area contributed by atoms with Gasteiger partial charge in [0, 0.05) is 38.2 Å². The average molecular weight is 1320 g/mol. The Morgan fingerprint density at radius 1 is 0.212 bits per heavy atom. The third-order valence-corrected chi connectivity index (χ3v) is 18.7. The molecule has 16 rings (SSSR count). The third kappa shape index (κ3) is 11.1. The molecule has 0 aliphatic rings. The van der Waals surface area contributed by atoms with Crippen molar-refractivity contribution in [3.63, 3.8) is 0 Å². The van der Waals surface area contributed by atoms with Gasteiger partial charge in [0.25, 0.3) is 0 Å². The molecule has 0 N–H and O–H groups in total. The van der Waals surface area contributed by atoms with Crippen LogP contribution in [0.5, 0.6) is 0 Å². The molecule has 14 nitrogen and oxygen atoms in total. The van der Waals surface area contributed by atoms with Crippen LogP contribution in [0.2, 0.25) is 0 Å². The van der Waals surface area contributed by atoms with Gasteiger partial charge in [0.1, 0.15) is 0 Å². The molecule has 0 spiro atoms. The summed E-state index contributed by atoms with van der Waals surface area (Å²) in [6, 6.07) is 104. The molecule has 3 heterocycles. The van der Waals surface area contributed by atoms with E-state index < -0.39 is 0 Å². The Morgan fingerprint density at radius 2 is 0.538 bits per heavy atom. The number of nitriles is 9. The summed E-state index contributed by atoms with van der Waals surface area (Å²) in [6.45, 7) is 0. The van der Waals surface area contributed by atoms with Crippen LogP contribution in [0.3, 0.4) is 0 Å². The zero-order valence-corrected chi connectivity index (χ0v) is 54.7. The van der Waals surface area contributed by atoms with Crippen molar-refractivity contribution < 1.29 is 0 Å². The Labute approximate surface area is 595 Å². The van der Waals surface area contributed by atoms with Gasteiger partial charge in [-0.1, -0.05) is 121 Å². The molecule has 16 aromatic rings. The molecular formula is C90H44N14. The average Bonchev–Trinajstić information content (AvgIpc) is 1.55. The van der Waals surface area contributed by atoms with E-state index in [-0.39, 0.29) is 0 Å². The van der Waals surface area contributed by atoms with Crippen molar-refractivity contribution >= 4 is 43.6 Å². The fourth-order valence-electron chi connectivity index (χ4n) is 14.0. The molecule has 474 valence electrons. The molecule has 14 heteroatoms. The molecule has 0 aliphatic heterocycles. The molecule has 0 saturated carbocycles. The van der Waals surface area contributed by atoms with Crippen LogP contribution in [0.25, 0.3) is 156 Å². The summed E-state index contributed by atoms with van der Waals surface area (Å²) in [5.74, 6) is 1.10. The molecule has 104 heavy (non-hydrogen) atoms. The molecule has 0 amide bonds. The van der Waals surface area contributed by atoms with Crippen LogP contribution < -0.4 is 0 Å². The van der Waals surface area contributed by atoms with Gasteiger partial charge in [-0.2, -0.15) is 47.4 Å². The first-order valence-electron chi connectivity index (χ1n) is 32.7. The maximum Gasteiger partial charge on any atom is 0.166 e. The van der Waals surface area contributed by atoms with Crippen LogP contribution >= 0.6 is 0 Å². The van der Waals surface area contributed by atoms with Crippen LogP contribution in [0, 0.1) is 102 Å². The van der Waals surface area contributed by atoms with Crippen molar-refractivity contribution in [2.45, 2.75) is 0 Å². The van der Waals surface area contributed by atoms with Crippen molar-refractivity contribution in [2.75, 3.05) is 0 Å². The molecular weight excluding hydrogens is 1280 g/mol. The van der Waals surface area contributed by atoms with Crippen molar-refractivity contribution in [1.82, 2.24) is 24.1 Å². The summed E-state index contributed by atoms with van der Waals surface area (Å²) in [5.41, 5.74) is 17.7. The Kier molecular flexibility index (Phi) is 15.7. The van der Waals surface area contributed by atoms with E-state index in [1.165, 1.54) is 0 Å². The SMILES string of the molecule is N#Cc1cc(C#N)cc(-c2ccc3c(c2)c2cc(-c4cc(C#N)cc(C#N)c4)ccc2n3-c2ccc(-c3ccccc3C#N)cc2-c2cccc(-n3c4ccc(-c5cc(C#N)cc(C#N)c5)cc4c4cc(-c5cc(C#N)cc(C#N)c5)ccc43)c2-c2nc(-c3ccccc3)nc(-c3ccccc3)n2)c1. The molecule has 0 radical (unpaired) electrons. The van der Waals surface area contributed by atoms with Gasteiger partial charge in [-0.25, -0.2) is 15.0 Å². The Bertz CT molecular complexity index is 6340. The van der Waals surface area contributed by atoms with Gasteiger partial charge in [0.2, 0.25) is 0 Å². The highest BCUT2D eigenvalue weighted by Gasteiger charge is 2.28. The van der Waals surface area contributed by atoms with Crippen LogP contribution in [0.1, 0.15) is 50.1 Å². The van der Waals surface area contributed by atoms with E-state index in [2.05, 4.69) is 88.0 Å². The summed E-state index contributed by atoms with van der Waals surface area (Å²) in [5, 5.41) is 95.7. The minimum atomic E-state index is 0.305. The van der Waals surface area contributed by atoms with Crippen LogP contribution in [-0.4, -0.2) is 24.1 Å². The summed E-state index contributed by atoms with van der Waals surface area (Å²) in [7, 11) is 0. The highest BCUT2D eigenvalue weighted by atomic mass is 15.1. The van der Waals surface area contributed by atoms with Gasteiger partial charge in [-0.3, -0.25) is 0 Å². The minimum Gasteiger partial charge on any atom is -0.309 e. The normalized spacial score (nSPS) is 10.8. The molecule has 0 unspecified atom stereocenters. The maximum absolute atomic E-state index is 10.8. The summed E-state index contributed by atoms with van der Waals surface area (Å²) in [6.07, 6.45) is 0. The monoisotopic (exact) mass is 1320 g/mol. The zero-order valence-electron chi connectivity index (χ0n) is 54.7. The van der Waals surface area contributed by atoms with Gasteiger partial charge in [-0.05, 0) is 207 Å². The van der Waals surface area contributed by atoms with E-state index in [4.69, 9.17) is 15.0 Å². The lowest BCUT2D eigenvalue weighted by Gasteiger charge is -2.22. The smallest absolute Gasteiger partial charge is 0.166 e. The van der Waals surface area contributed by atoms with E-state index >= 15 is 0 Å². The van der Waals surface area contributed by atoms with Crippen LogP contribution in [0.4, 0.5) is 0 Å². The first kappa shape index (κ1) is 62.7. The standard InChI is InChI=1S/C90H44N14/c91-45-54-28-55(46-92)33-70(32-54)64-18-23-82-77(40-64)78-41-65(71-34-56(47-93)29-57(35-71)48-94)19-24-83(78)103(82)81-27-22-68(74-15-8-7-14-69(74)53-99)44-76(81)75-16-9-17-86(87(75)90-101-88(62-10-3-1-4-11-62)100-89(102-90)63-12-5-2-6-13-63)104-84-25-20-66(72-36-58(49-95)30-59(37-72)50-96)42-79(84)80-43-67(21-26-85(80)104)73-38-60(51-97)31-61(39-73)52-98/h1-44H. The molecule has 0 fully saturated rings. The lowest BCUT2D eigenvalue weighted by atomic mass is 9.91. The van der Waals surface area contributed by atoms with E-state index in [1.54, 1.807) is 78.9 Å². The fourth-order valence-corrected chi connectivity index (χ4v) is 14.0. The van der Waals surface area contributed by atoms with Crippen LogP contribution in [0.15, 0.2) is 267 Å². The number of hydrogen-bond acceptors (Lipinski definition) is 12. The first-order chi connectivity index (χ1) is 51.0. The Balaban J connectivity index is 1.05. The van der Waals surface area contributed by atoms with Crippen molar-refractivity contribution in [2.24, 2.45) is 0 Å². The largest absolute Gasteiger partial charge is 0.309 e. The van der Waals surface area contributed by atoms with Crippen molar-refractivity contribution in [3.8, 4) is 167 Å². The zero-order chi connectivity index (χ0) is 71.1. The fraction of sp³-hybridized carbons (Fsp3) is 0. The molecule has 3 aromatic heterocycles. The second-order valence-electron chi connectivity index (χ2n) is 24.8. The maximum atomic E-state index is 10.8. The molecule has 13 aromatic carbocycles. The third-order valence-electron chi connectivity index (χ3n) is 18.7. The molecule has 0 aliphatic carbocycles. The first-order valence-corrected chi connectivity index (χ1v) is 32.7. The second-order valence-corrected chi connectivity index (χ2v) is 24.8. The number of aromatic nitrogens is 5. The highest BCUT2D eigenvalue weighted by molar-refractivity contribution is 6.14. The quantitative estimate of drug-likeness (QED) is 0.117. The van der Waals surface area contributed by atoms with Crippen LogP contribution in [-0.2, 0) is 0 Å². The highest BCUT2D eigenvalue weighted by Crippen LogP contribution is 2.48. The number of benzene rings is 13. The van der Waals surface area contributed by atoms with Crippen molar-refractivity contribution in [1.29, 1.82) is 47.4 Å². The number of fused-ring (bicyclic) bond motifs is 6. The van der Waals surface area contributed by atoms with Crippen molar-refractivity contribution in [3.05, 3.63) is 317 Å². The Hall–Kier alpha value is -16.1. The van der Waals surface area contributed by atoms with Gasteiger partial charge < -0.3 is 9.13 Å². The van der Waals surface area contributed by atoms with E-state index in [9.17, 15) is 47.4 Å². The van der Waals surface area contributed by atoms with Gasteiger partial charge in [0.15, 0.2) is 17.5 Å². The summed E-state index contributed by atoms with van der Waals surface area (Å²) < 4.78 is 4.38. The lowest BCUT2D eigenvalue weighted by molar-refractivity contribution is 1.06. The topological polar surface area (TPSA) is 263 Å². The van der Waals surface area contributed by atoms with Gasteiger partial charge in [0.05, 0.1) is 144 Å². The summed E-state index contributed by atoms with van der Waals surface area (Å²) in [4.78, 5) is 16.3. The van der Waals surface area contributed by atoms with E-state index in [0.717, 1.165) is 82.6 Å². The minimum absolute atomic E-state index is 0.305. The number of rotatable bonds is 11. The van der Waals surface area contributed by atoms with E-state index in [0.29, 0.717) is 123 Å². The van der Waals surface area contributed by atoms with Gasteiger partial charge >= 0.3 is 0 Å². The second kappa shape index (κ2) is 26.0. The molecule has 0 bridgehead atoms. The number of hydrogen-bond donors (Lipinski definition) is 0. The number of nitrogens with zero attached hydrogens (tertiary/aromatic N) is 14. The van der Waals surface area contributed by atoms with Gasteiger partial charge in [-0.15, -0.1) is 0 Å². The molecule has 0 atom stereocenters. The molecule has 0 saturated heterocycles. The predicted molar refractivity (Wildman–Crippen MR) is 400 cm³/mol. The predicted octanol–water partition coefficient (Wildman–Crippen LogP) is 19.9. The summed E-state index contributed by atoms with van der Waals surface area (Å²) >= 11 is 0. The van der Waals surface area contributed by atoms with E-state index in [1.807, 2.05) is 164 Å². The Morgan fingerprint density at radius 3 is 0.904 bits per heavy atom.